The maximum Gasteiger partial charge on any atom is 0.326 e. The molecule has 1 unspecified atom stereocenters. The summed E-state index contributed by atoms with van der Waals surface area (Å²) in [4.78, 5) is 22.2. The summed E-state index contributed by atoms with van der Waals surface area (Å²) in [5.41, 5.74) is 0. The number of urea groups is 1. The van der Waals surface area contributed by atoms with Crippen molar-refractivity contribution in [2.75, 3.05) is 18.1 Å². The first-order valence-corrected chi connectivity index (χ1v) is 6.60. The second-order valence-electron chi connectivity index (χ2n) is 3.82. The molecule has 0 rings (SSSR count). The van der Waals surface area contributed by atoms with Gasteiger partial charge in [0.15, 0.2) is 0 Å². The SMILES string of the molecule is C=CCSCCNC(=O)NC(C(=O)O)C(C)C. The van der Waals surface area contributed by atoms with Gasteiger partial charge >= 0.3 is 12.0 Å². The molecule has 1 atom stereocenters. The van der Waals surface area contributed by atoms with Crippen molar-refractivity contribution in [3.05, 3.63) is 12.7 Å². The van der Waals surface area contributed by atoms with Gasteiger partial charge in [0.1, 0.15) is 6.04 Å². The summed E-state index contributed by atoms with van der Waals surface area (Å²) < 4.78 is 0. The number of carbonyl (C=O) groups excluding carboxylic acids is 1. The molecule has 0 aromatic heterocycles. The molecule has 0 aliphatic carbocycles. The molecule has 0 heterocycles. The number of carboxylic acid groups (broad SMARTS) is 1. The zero-order valence-electron chi connectivity index (χ0n) is 10.2. The Morgan fingerprint density at radius 1 is 1.47 bits per heavy atom. The molecule has 0 spiro atoms. The van der Waals surface area contributed by atoms with Gasteiger partial charge in [-0.15, -0.1) is 6.58 Å². The number of nitrogens with one attached hydrogen (secondary N) is 2. The van der Waals surface area contributed by atoms with Crippen molar-refractivity contribution >= 4 is 23.8 Å². The Balaban J connectivity index is 3.83. The van der Waals surface area contributed by atoms with Gasteiger partial charge in [0.05, 0.1) is 0 Å². The standard InChI is InChI=1S/C11H20N2O3S/c1-4-6-17-7-5-12-11(16)13-9(8(2)3)10(14)15/h4,8-9H,1,5-7H2,2-3H3,(H,14,15)(H2,12,13,16). The Morgan fingerprint density at radius 3 is 2.59 bits per heavy atom. The minimum atomic E-state index is -1.02. The molecule has 6 heteroatoms. The van der Waals surface area contributed by atoms with Crippen LogP contribution in [0.2, 0.25) is 0 Å². The molecule has 2 amide bonds. The molecule has 98 valence electrons. The summed E-state index contributed by atoms with van der Waals surface area (Å²) in [5, 5.41) is 13.9. The molecule has 0 aliphatic rings. The van der Waals surface area contributed by atoms with Crippen molar-refractivity contribution < 1.29 is 14.7 Å². The van der Waals surface area contributed by atoms with Crippen LogP contribution in [0.4, 0.5) is 4.79 Å². The van der Waals surface area contributed by atoms with Crippen LogP contribution in [0, 0.1) is 5.92 Å². The van der Waals surface area contributed by atoms with E-state index < -0.39 is 18.0 Å². The lowest BCUT2D eigenvalue weighted by molar-refractivity contribution is -0.140. The first-order valence-electron chi connectivity index (χ1n) is 5.44. The Hall–Kier alpha value is -1.17. The fourth-order valence-electron chi connectivity index (χ4n) is 1.11. The fraction of sp³-hybridized carbons (Fsp3) is 0.636. The van der Waals surface area contributed by atoms with E-state index >= 15 is 0 Å². The third-order valence-corrected chi connectivity index (χ3v) is 2.95. The monoisotopic (exact) mass is 260 g/mol. The smallest absolute Gasteiger partial charge is 0.326 e. The lowest BCUT2D eigenvalue weighted by Gasteiger charge is -2.18. The molecule has 3 N–H and O–H groups in total. The van der Waals surface area contributed by atoms with Crippen LogP contribution in [-0.2, 0) is 4.79 Å². The summed E-state index contributed by atoms with van der Waals surface area (Å²) in [6, 6.07) is -1.29. The van der Waals surface area contributed by atoms with Crippen molar-refractivity contribution in [3.63, 3.8) is 0 Å². The van der Waals surface area contributed by atoms with E-state index in [0.717, 1.165) is 11.5 Å². The Morgan fingerprint density at radius 2 is 2.12 bits per heavy atom. The van der Waals surface area contributed by atoms with Crippen LogP contribution in [0.25, 0.3) is 0 Å². The van der Waals surface area contributed by atoms with Crippen LogP contribution in [-0.4, -0.2) is 41.2 Å². The summed E-state index contributed by atoms with van der Waals surface area (Å²) in [6.45, 7) is 7.59. The minimum Gasteiger partial charge on any atom is -0.480 e. The number of thioether (sulfide) groups is 1. The maximum atomic E-state index is 11.4. The molecule has 0 bridgehead atoms. The van der Waals surface area contributed by atoms with Crippen LogP contribution in [0.1, 0.15) is 13.8 Å². The molecule has 17 heavy (non-hydrogen) atoms. The van der Waals surface area contributed by atoms with Crippen LogP contribution < -0.4 is 10.6 Å². The van der Waals surface area contributed by atoms with Gasteiger partial charge in [0.2, 0.25) is 0 Å². The molecule has 0 saturated carbocycles. The van der Waals surface area contributed by atoms with Crippen molar-refractivity contribution in [2.45, 2.75) is 19.9 Å². The maximum absolute atomic E-state index is 11.4. The largest absolute Gasteiger partial charge is 0.480 e. The first kappa shape index (κ1) is 15.8. The quantitative estimate of drug-likeness (QED) is 0.454. The van der Waals surface area contributed by atoms with Crippen LogP contribution in [0.15, 0.2) is 12.7 Å². The summed E-state index contributed by atoms with van der Waals surface area (Å²) >= 11 is 1.65. The van der Waals surface area contributed by atoms with Gasteiger partial charge in [0.25, 0.3) is 0 Å². The summed E-state index contributed by atoms with van der Waals surface area (Å²) in [7, 11) is 0. The lowest BCUT2D eigenvalue weighted by Crippen LogP contribution is -2.49. The minimum absolute atomic E-state index is 0.145. The highest BCUT2D eigenvalue weighted by Crippen LogP contribution is 2.01. The van der Waals surface area contributed by atoms with E-state index in [2.05, 4.69) is 17.2 Å². The number of carbonyl (C=O) groups is 2. The Kier molecular flexibility index (Phi) is 8.31. The van der Waals surface area contributed by atoms with Crippen LogP contribution in [0.3, 0.4) is 0 Å². The average Bonchev–Trinajstić information content (AvgIpc) is 2.24. The molecular formula is C11H20N2O3S. The molecule has 5 nitrogen and oxygen atoms in total. The second-order valence-corrected chi connectivity index (χ2v) is 4.97. The number of rotatable bonds is 8. The van der Waals surface area contributed by atoms with E-state index in [9.17, 15) is 9.59 Å². The lowest BCUT2D eigenvalue weighted by atomic mass is 10.1. The van der Waals surface area contributed by atoms with Gasteiger partial charge in [-0.3, -0.25) is 0 Å². The van der Waals surface area contributed by atoms with E-state index in [1.165, 1.54) is 0 Å². The van der Waals surface area contributed by atoms with E-state index in [0.29, 0.717) is 6.54 Å². The zero-order valence-corrected chi connectivity index (χ0v) is 11.0. The predicted molar refractivity (Wildman–Crippen MR) is 70.3 cm³/mol. The van der Waals surface area contributed by atoms with E-state index in [-0.39, 0.29) is 5.92 Å². The van der Waals surface area contributed by atoms with Gasteiger partial charge in [-0.2, -0.15) is 11.8 Å². The second kappa shape index (κ2) is 8.92. The van der Waals surface area contributed by atoms with Crippen molar-refractivity contribution in [3.8, 4) is 0 Å². The number of hydrogen-bond donors (Lipinski definition) is 3. The predicted octanol–water partition coefficient (Wildman–Crippen LogP) is 1.31. The number of amides is 2. The molecular weight excluding hydrogens is 240 g/mol. The van der Waals surface area contributed by atoms with E-state index in [4.69, 9.17) is 5.11 Å². The van der Waals surface area contributed by atoms with E-state index in [1.807, 2.05) is 0 Å². The van der Waals surface area contributed by atoms with Crippen molar-refractivity contribution in [2.24, 2.45) is 5.92 Å². The summed E-state index contributed by atoms with van der Waals surface area (Å²) in [5.74, 6) is 0.455. The van der Waals surface area contributed by atoms with Gasteiger partial charge in [0, 0.05) is 18.1 Å². The average molecular weight is 260 g/mol. The molecule has 0 saturated heterocycles. The fourth-order valence-corrected chi connectivity index (χ4v) is 1.69. The van der Waals surface area contributed by atoms with Crippen LogP contribution in [0.5, 0.6) is 0 Å². The first-order chi connectivity index (χ1) is 7.99. The topological polar surface area (TPSA) is 78.4 Å². The molecule has 0 aromatic rings. The van der Waals surface area contributed by atoms with Gasteiger partial charge in [-0.05, 0) is 5.92 Å². The summed E-state index contributed by atoms with van der Waals surface area (Å²) in [6.07, 6.45) is 1.80. The van der Waals surface area contributed by atoms with Crippen molar-refractivity contribution in [1.82, 2.24) is 10.6 Å². The molecule has 0 radical (unpaired) electrons. The Bertz CT molecular complexity index is 269. The molecule has 0 fully saturated rings. The number of aliphatic carboxylic acids is 1. The number of carboxylic acids is 1. The Labute approximate surface area is 106 Å². The molecule has 0 aromatic carbocycles. The third kappa shape index (κ3) is 7.68. The van der Waals surface area contributed by atoms with Crippen LogP contribution >= 0.6 is 11.8 Å². The molecule has 0 aliphatic heterocycles. The highest BCUT2D eigenvalue weighted by atomic mass is 32.2. The third-order valence-electron chi connectivity index (χ3n) is 1.99. The zero-order chi connectivity index (χ0) is 13.3. The normalized spacial score (nSPS) is 11.9. The van der Waals surface area contributed by atoms with Gasteiger partial charge < -0.3 is 15.7 Å². The number of hydrogen-bond acceptors (Lipinski definition) is 3. The highest BCUT2D eigenvalue weighted by Gasteiger charge is 2.22. The van der Waals surface area contributed by atoms with E-state index in [1.54, 1.807) is 31.7 Å². The van der Waals surface area contributed by atoms with Gasteiger partial charge in [-0.25, -0.2) is 9.59 Å². The highest BCUT2D eigenvalue weighted by molar-refractivity contribution is 7.99. The van der Waals surface area contributed by atoms with Crippen molar-refractivity contribution in [1.29, 1.82) is 0 Å². The van der Waals surface area contributed by atoms with Gasteiger partial charge in [-0.1, -0.05) is 19.9 Å².